The molecule has 0 heterocycles. The van der Waals surface area contributed by atoms with E-state index in [9.17, 15) is 0 Å². The van der Waals surface area contributed by atoms with Gasteiger partial charge >= 0.3 is 0 Å². The van der Waals surface area contributed by atoms with Gasteiger partial charge in [0, 0.05) is 20.6 Å². The maximum absolute atomic E-state index is 8.17. The zero-order chi connectivity index (χ0) is 7.98. The van der Waals surface area contributed by atoms with Gasteiger partial charge in [0.25, 0.3) is 0 Å². The van der Waals surface area contributed by atoms with Crippen LogP contribution in [0, 0.1) is 0 Å². The minimum absolute atomic E-state index is 0.671. The van der Waals surface area contributed by atoms with E-state index in [1.165, 1.54) is 6.21 Å². The van der Waals surface area contributed by atoms with Crippen LogP contribution in [-0.2, 0) is 0 Å². The topological polar surface area (TPSA) is 48.2 Å². The minimum atomic E-state index is 0.671. The van der Waals surface area contributed by atoms with E-state index in [1.54, 1.807) is 4.90 Å². The van der Waals surface area contributed by atoms with E-state index in [2.05, 4.69) is 10.1 Å². The second-order valence-corrected chi connectivity index (χ2v) is 1.97. The van der Waals surface area contributed by atoms with Gasteiger partial charge in [-0.25, -0.2) is 0 Å². The predicted molar refractivity (Wildman–Crippen MR) is 41.9 cm³/mol. The van der Waals surface area contributed by atoms with Gasteiger partial charge in [0.1, 0.15) is 12.1 Å². The van der Waals surface area contributed by atoms with Gasteiger partial charge in [-0.1, -0.05) is 5.16 Å². The summed E-state index contributed by atoms with van der Waals surface area (Å²) in [5.74, 6) is 0.671. The van der Waals surface area contributed by atoms with Crippen molar-refractivity contribution in [2.24, 2.45) is 10.1 Å². The number of aliphatic imine (C=N–C) groups is 1. The fourth-order valence-electron chi connectivity index (χ4n) is 0.511. The highest BCUT2D eigenvalue weighted by Crippen LogP contribution is 1.80. The van der Waals surface area contributed by atoms with Crippen LogP contribution < -0.4 is 0 Å². The molecule has 0 amide bonds. The Bertz CT molecular complexity index is 140. The van der Waals surface area contributed by atoms with Crippen LogP contribution in [0.25, 0.3) is 0 Å². The second-order valence-electron chi connectivity index (χ2n) is 1.97. The lowest BCUT2D eigenvalue weighted by atomic mass is 10.5. The van der Waals surface area contributed by atoms with E-state index in [4.69, 9.17) is 5.21 Å². The third-order valence-electron chi connectivity index (χ3n) is 0.952. The molecule has 0 rings (SSSR count). The normalized spacial score (nSPS) is 12.5. The summed E-state index contributed by atoms with van der Waals surface area (Å²) in [6.45, 7) is 2.62. The number of amidine groups is 1. The van der Waals surface area contributed by atoms with Crippen LogP contribution in [0.2, 0.25) is 0 Å². The Morgan fingerprint density at radius 3 is 2.50 bits per heavy atom. The molecule has 0 aliphatic heterocycles. The first-order valence-corrected chi connectivity index (χ1v) is 3.11. The predicted octanol–water partition coefficient (Wildman–Crippen LogP) is 0.426. The van der Waals surface area contributed by atoms with E-state index in [0.717, 1.165) is 0 Å². The Kier molecular flexibility index (Phi) is 4.28. The summed E-state index contributed by atoms with van der Waals surface area (Å²) in [5, 5.41) is 11.1. The van der Waals surface area contributed by atoms with Gasteiger partial charge < -0.3 is 10.1 Å². The summed E-state index contributed by atoms with van der Waals surface area (Å²) >= 11 is 0. The quantitative estimate of drug-likeness (QED) is 0.264. The standard InChI is InChI=1S/C6H13N3O/c1-4-7-6(5-8-10)9(2)3/h5,10H,4H2,1-3H3/b7-6?,8-5+. The maximum Gasteiger partial charge on any atom is 0.145 e. The van der Waals surface area contributed by atoms with Crippen LogP contribution in [0.15, 0.2) is 10.1 Å². The van der Waals surface area contributed by atoms with Crippen LogP contribution in [0.4, 0.5) is 0 Å². The molecule has 4 nitrogen and oxygen atoms in total. The fraction of sp³-hybridized carbons (Fsp3) is 0.667. The number of hydrogen-bond acceptors (Lipinski definition) is 3. The van der Waals surface area contributed by atoms with E-state index in [1.807, 2.05) is 21.0 Å². The van der Waals surface area contributed by atoms with Gasteiger partial charge in [-0.15, -0.1) is 0 Å². The maximum atomic E-state index is 8.17. The van der Waals surface area contributed by atoms with Gasteiger partial charge in [0.2, 0.25) is 0 Å². The monoisotopic (exact) mass is 143 g/mol. The zero-order valence-corrected chi connectivity index (χ0v) is 6.57. The number of rotatable bonds is 2. The lowest BCUT2D eigenvalue weighted by Gasteiger charge is -2.09. The van der Waals surface area contributed by atoms with Crippen LogP contribution >= 0.6 is 0 Å². The average Bonchev–Trinajstić information content (AvgIpc) is 1.87. The van der Waals surface area contributed by atoms with E-state index in [-0.39, 0.29) is 0 Å². The summed E-state index contributed by atoms with van der Waals surface area (Å²) in [6.07, 6.45) is 1.31. The molecule has 10 heavy (non-hydrogen) atoms. The smallest absolute Gasteiger partial charge is 0.145 e. The first-order valence-electron chi connectivity index (χ1n) is 3.11. The molecule has 0 aliphatic rings. The summed E-state index contributed by atoms with van der Waals surface area (Å²) < 4.78 is 0. The molecular formula is C6H13N3O. The molecule has 4 heteroatoms. The molecule has 0 aromatic carbocycles. The second kappa shape index (κ2) is 4.78. The molecule has 0 aromatic rings. The SMILES string of the molecule is CCN=C(/C=N/O)N(C)C. The Morgan fingerprint density at radius 1 is 1.60 bits per heavy atom. The van der Waals surface area contributed by atoms with Gasteiger partial charge in [-0.3, -0.25) is 4.99 Å². The molecule has 0 fully saturated rings. The molecule has 0 bridgehead atoms. The molecule has 0 radical (unpaired) electrons. The highest BCUT2D eigenvalue weighted by atomic mass is 16.4. The van der Waals surface area contributed by atoms with Crippen LogP contribution in [-0.4, -0.2) is 42.8 Å². The number of hydrogen-bond donors (Lipinski definition) is 1. The van der Waals surface area contributed by atoms with Crippen molar-refractivity contribution >= 4 is 12.1 Å². The van der Waals surface area contributed by atoms with Crippen LogP contribution in [0.3, 0.4) is 0 Å². The molecule has 0 aliphatic carbocycles. The van der Waals surface area contributed by atoms with Crippen molar-refractivity contribution in [3.05, 3.63) is 0 Å². The van der Waals surface area contributed by atoms with E-state index >= 15 is 0 Å². The highest BCUT2D eigenvalue weighted by molar-refractivity contribution is 6.28. The van der Waals surface area contributed by atoms with Crippen LogP contribution in [0.1, 0.15) is 6.92 Å². The summed E-state index contributed by atoms with van der Waals surface area (Å²) in [7, 11) is 3.69. The summed E-state index contributed by atoms with van der Waals surface area (Å²) in [5.41, 5.74) is 0. The van der Waals surface area contributed by atoms with Crippen molar-refractivity contribution in [2.45, 2.75) is 6.92 Å². The Labute approximate surface area is 60.9 Å². The first kappa shape index (κ1) is 8.94. The van der Waals surface area contributed by atoms with Crippen molar-refractivity contribution in [3.63, 3.8) is 0 Å². The molecule has 0 aromatic heterocycles. The molecule has 0 saturated heterocycles. The number of nitrogens with zero attached hydrogens (tertiary/aromatic N) is 3. The lowest BCUT2D eigenvalue weighted by molar-refractivity contribution is 0.322. The van der Waals surface area contributed by atoms with Crippen molar-refractivity contribution in [2.75, 3.05) is 20.6 Å². The van der Waals surface area contributed by atoms with Crippen molar-refractivity contribution in [3.8, 4) is 0 Å². The molecule has 0 spiro atoms. The van der Waals surface area contributed by atoms with E-state index in [0.29, 0.717) is 12.4 Å². The molecular weight excluding hydrogens is 130 g/mol. The van der Waals surface area contributed by atoms with E-state index < -0.39 is 0 Å². The Morgan fingerprint density at radius 2 is 2.20 bits per heavy atom. The van der Waals surface area contributed by atoms with Crippen molar-refractivity contribution < 1.29 is 5.21 Å². The highest BCUT2D eigenvalue weighted by Gasteiger charge is 1.94. The lowest BCUT2D eigenvalue weighted by Crippen LogP contribution is -2.23. The number of oxime groups is 1. The van der Waals surface area contributed by atoms with Crippen molar-refractivity contribution in [1.29, 1.82) is 0 Å². The Balaban J connectivity index is 4.11. The zero-order valence-electron chi connectivity index (χ0n) is 6.57. The summed E-state index contributed by atoms with van der Waals surface area (Å²) in [4.78, 5) is 5.83. The van der Waals surface area contributed by atoms with Crippen LogP contribution in [0.5, 0.6) is 0 Å². The molecule has 0 unspecified atom stereocenters. The third-order valence-corrected chi connectivity index (χ3v) is 0.952. The molecule has 0 atom stereocenters. The van der Waals surface area contributed by atoms with Crippen molar-refractivity contribution in [1.82, 2.24) is 4.90 Å². The van der Waals surface area contributed by atoms with Gasteiger partial charge in [-0.2, -0.15) is 0 Å². The van der Waals surface area contributed by atoms with Gasteiger partial charge in [-0.05, 0) is 6.92 Å². The van der Waals surface area contributed by atoms with Gasteiger partial charge in [0.15, 0.2) is 0 Å². The summed E-state index contributed by atoms with van der Waals surface area (Å²) in [6, 6.07) is 0. The fourth-order valence-corrected chi connectivity index (χ4v) is 0.511. The third kappa shape index (κ3) is 3.06. The first-order chi connectivity index (χ1) is 4.72. The average molecular weight is 143 g/mol. The molecule has 1 N–H and O–H groups in total. The minimum Gasteiger partial charge on any atom is -0.411 e. The Hall–Kier alpha value is -1.06. The molecule has 58 valence electrons. The van der Waals surface area contributed by atoms with Gasteiger partial charge in [0.05, 0.1) is 0 Å². The molecule has 0 saturated carbocycles. The largest absolute Gasteiger partial charge is 0.411 e.